The van der Waals surface area contributed by atoms with Gasteiger partial charge >= 0.3 is 11.9 Å². The molecule has 1 aromatic carbocycles. The summed E-state index contributed by atoms with van der Waals surface area (Å²) in [5.41, 5.74) is 0.449. The van der Waals surface area contributed by atoms with Crippen LogP contribution >= 0.6 is 0 Å². The highest BCUT2D eigenvalue weighted by Crippen LogP contribution is 2.28. The van der Waals surface area contributed by atoms with Gasteiger partial charge in [0.15, 0.2) is 11.5 Å². The van der Waals surface area contributed by atoms with Gasteiger partial charge in [-0.25, -0.2) is 9.59 Å². The van der Waals surface area contributed by atoms with Crippen molar-refractivity contribution in [2.45, 2.75) is 12.8 Å². The van der Waals surface area contributed by atoms with Crippen molar-refractivity contribution >= 4 is 18.2 Å². The molecule has 0 spiro atoms. The number of ether oxygens (including phenoxy) is 4. The Kier molecular flexibility index (Phi) is 9.91. The standard InChI is InChI=1S/C19H22O7/c1-3-18(21)25-11-5-9-23-16-8-7-15(14-20)13-17(16)24-10-6-12-26-19(22)4-2/h3-4,7-8,13-14H,1-2,5-6,9-12H2. The summed E-state index contributed by atoms with van der Waals surface area (Å²) in [6.07, 6.45) is 3.86. The van der Waals surface area contributed by atoms with Crippen molar-refractivity contribution in [3.05, 3.63) is 49.1 Å². The van der Waals surface area contributed by atoms with E-state index in [0.717, 1.165) is 12.2 Å². The first kappa shape index (κ1) is 21.0. The van der Waals surface area contributed by atoms with E-state index >= 15 is 0 Å². The van der Waals surface area contributed by atoms with Crippen LogP contribution in [0.1, 0.15) is 23.2 Å². The van der Waals surface area contributed by atoms with E-state index in [4.69, 9.17) is 18.9 Å². The Labute approximate surface area is 152 Å². The topological polar surface area (TPSA) is 88.1 Å². The molecule has 0 amide bonds. The summed E-state index contributed by atoms with van der Waals surface area (Å²) in [4.78, 5) is 32.8. The van der Waals surface area contributed by atoms with Gasteiger partial charge in [-0.05, 0) is 18.2 Å². The van der Waals surface area contributed by atoms with Gasteiger partial charge in [0.25, 0.3) is 0 Å². The molecule has 0 saturated heterocycles. The number of carbonyl (C=O) groups is 3. The quantitative estimate of drug-likeness (QED) is 0.230. The summed E-state index contributed by atoms with van der Waals surface area (Å²) in [7, 11) is 0. The van der Waals surface area contributed by atoms with Gasteiger partial charge in [-0.3, -0.25) is 4.79 Å². The molecular weight excluding hydrogens is 340 g/mol. The normalized spacial score (nSPS) is 9.69. The van der Waals surface area contributed by atoms with Crippen molar-refractivity contribution in [2.24, 2.45) is 0 Å². The number of carbonyl (C=O) groups excluding carboxylic acids is 3. The van der Waals surface area contributed by atoms with Crippen LogP contribution in [0.3, 0.4) is 0 Å². The maximum absolute atomic E-state index is 10.9. The van der Waals surface area contributed by atoms with Crippen LogP contribution in [0.5, 0.6) is 11.5 Å². The molecule has 0 aliphatic rings. The molecule has 0 heterocycles. The number of hydrogen-bond donors (Lipinski definition) is 0. The summed E-state index contributed by atoms with van der Waals surface area (Å²) in [6.45, 7) is 7.60. The highest BCUT2D eigenvalue weighted by Gasteiger charge is 2.08. The van der Waals surface area contributed by atoms with Crippen molar-refractivity contribution in [1.82, 2.24) is 0 Å². The molecule has 0 bridgehead atoms. The van der Waals surface area contributed by atoms with Crippen molar-refractivity contribution in [3.8, 4) is 11.5 Å². The average molecular weight is 362 g/mol. The third-order valence-corrected chi connectivity index (χ3v) is 3.02. The Hall–Kier alpha value is -3.09. The van der Waals surface area contributed by atoms with Crippen LogP contribution in [0.25, 0.3) is 0 Å². The largest absolute Gasteiger partial charge is 0.490 e. The van der Waals surface area contributed by atoms with Gasteiger partial charge in [0.1, 0.15) is 6.29 Å². The zero-order valence-corrected chi connectivity index (χ0v) is 14.5. The summed E-state index contributed by atoms with van der Waals surface area (Å²) in [6, 6.07) is 4.81. The molecule has 1 aromatic rings. The molecular formula is C19H22O7. The number of aldehydes is 1. The molecule has 7 heteroatoms. The predicted molar refractivity (Wildman–Crippen MR) is 94.4 cm³/mol. The Balaban J connectivity index is 2.47. The van der Waals surface area contributed by atoms with E-state index < -0.39 is 11.9 Å². The van der Waals surface area contributed by atoms with Crippen molar-refractivity contribution < 1.29 is 33.3 Å². The van der Waals surface area contributed by atoms with Crippen LogP contribution in [0.2, 0.25) is 0 Å². The summed E-state index contributed by atoms with van der Waals surface area (Å²) < 4.78 is 20.9. The Morgan fingerprint density at radius 2 is 1.38 bits per heavy atom. The second kappa shape index (κ2) is 12.3. The molecule has 1 rings (SSSR count). The van der Waals surface area contributed by atoms with E-state index in [1.54, 1.807) is 18.2 Å². The minimum atomic E-state index is -0.492. The molecule has 140 valence electrons. The third kappa shape index (κ3) is 8.14. The molecule has 0 aromatic heterocycles. The lowest BCUT2D eigenvalue weighted by molar-refractivity contribution is -0.138. The van der Waals surface area contributed by atoms with Gasteiger partial charge in [-0.2, -0.15) is 0 Å². The number of benzene rings is 1. The maximum atomic E-state index is 10.9. The van der Waals surface area contributed by atoms with Gasteiger partial charge in [0.05, 0.1) is 26.4 Å². The van der Waals surface area contributed by atoms with E-state index in [9.17, 15) is 14.4 Å². The fourth-order valence-corrected chi connectivity index (χ4v) is 1.78. The second-order valence-electron chi connectivity index (χ2n) is 4.97. The van der Waals surface area contributed by atoms with Crippen LogP contribution in [-0.2, 0) is 19.1 Å². The van der Waals surface area contributed by atoms with E-state index in [-0.39, 0.29) is 19.8 Å². The van der Waals surface area contributed by atoms with Gasteiger partial charge in [0, 0.05) is 30.6 Å². The molecule has 0 radical (unpaired) electrons. The van der Waals surface area contributed by atoms with Crippen LogP contribution in [0, 0.1) is 0 Å². The monoisotopic (exact) mass is 362 g/mol. The molecule has 0 atom stereocenters. The van der Waals surface area contributed by atoms with Gasteiger partial charge < -0.3 is 18.9 Å². The minimum absolute atomic E-state index is 0.198. The highest BCUT2D eigenvalue weighted by molar-refractivity contribution is 5.81. The van der Waals surface area contributed by atoms with Crippen LogP contribution in [0.4, 0.5) is 0 Å². The average Bonchev–Trinajstić information content (AvgIpc) is 2.67. The van der Waals surface area contributed by atoms with E-state index in [0.29, 0.717) is 42.8 Å². The highest BCUT2D eigenvalue weighted by atomic mass is 16.5. The van der Waals surface area contributed by atoms with Crippen LogP contribution in [0.15, 0.2) is 43.5 Å². The van der Waals surface area contributed by atoms with Crippen molar-refractivity contribution in [3.63, 3.8) is 0 Å². The first-order valence-electron chi connectivity index (χ1n) is 8.04. The van der Waals surface area contributed by atoms with Crippen molar-refractivity contribution in [1.29, 1.82) is 0 Å². The lowest BCUT2D eigenvalue weighted by atomic mass is 10.2. The smallest absolute Gasteiger partial charge is 0.330 e. The summed E-state index contributed by atoms with van der Waals surface area (Å²) in [5.74, 6) is -0.0999. The zero-order chi connectivity index (χ0) is 19.2. The fourth-order valence-electron chi connectivity index (χ4n) is 1.78. The number of rotatable bonds is 13. The van der Waals surface area contributed by atoms with Crippen molar-refractivity contribution in [2.75, 3.05) is 26.4 Å². The van der Waals surface area contributed by atoms with Crippen LogP contribution in [-0.4, -0.2) is 44.7 Å². The zero-order valence-electron chi connectivity index (χ0n) is 14.5. The molecule has 0 unspecified atom stereocenters. The Bertz CT molecular complexity index is 637. The lowest BCUT2D eigenvalue weighted by Gasteiger charge is -2.13. The lowest BCUT2D eigenvalue weighted by Crippen LogP contribution is -2.09. The molecule has 0 aliphatic heterocycles. The summed E-state index contributed by atoms with van der Waals surface area (Å²) >= 11 is 0. The first-order chi connectivity index (χ1) is 12.6. The first-order valence-corrected chi connectivity index (χ1v) is 8.04. The fraction of sp³-hybridized carbons (Fsp3) is 0.316. The maximum Gasteiger partial charge on any atom is 0.330 e. The second-order valence-corrected chi connectivity index (χ2v) is 4.97. The molecule has 0 fully saturated rings. The third-order valence-electron chi connectivity index (χ3n) is 3.02. The molecule has 26 heavy (non-hydrogen) atoms. The van der Waals surface area contributed by atoms with Gasteiger partial charge in [-0.1, -0.05) is 13.2 Å². The molecule has 0 N–H and O–H groups in total. The number of hydrogen-bond acceptors (Lipinski definition) is 7. The van der Waals surface area contributed by atoms with E-state index in [2.05, 4.69) is 13.2 Å². The van der Waals surface area contributed by atoms with Gasteiger partial charge in [-0.15, -0.1) is 0 Å². The molecule has 0 aliphatic carbocycles. The van der Waals surface area contributed by atoms with E-state index in [1.165, 1.54) is 0 Å². The van der Waals surface area contributed by atoms with E-state index in [1.807, 2.05) is 0 Å². The molecule has 7 nitrogen and oxygen atoms in total. The van der Waals surface area contributed by atoms with Crippen LogP contribution < -0.4 is 9.47 Å². The Morgan fingerprint density at radius 3 is 1.88 bits per heavy atom. The molecule has 0 saturated carbocycles. The number of esters is 2. The minimum Gasteiger partial charge on any atom is -0.490 e. The SMILES string of the molecule is C=CC(=O)OCCCOc1ccc(C=O)cc1OCCCOC(=O)C=C. The predicted octanol–water partition coefficient (Wildman–Crippen LogP) is 2.50. The van der Waals surface area contributed by atoms with Gasteiger partial charge in [0.2, 0.25) is 0 Å². The Morgan fingerprint density at radius 1 is 0.846 bits per heavy atom. The summed E-state index contributed by atoms with van der Waals surface area (Å²) in [5, 5.41) is 0.